The SMILES string of the molecule is CCc1nn(C)c(Cl)c1CN1CC[C@@](O)(c2ccccc2)C1. The number of hydrogen-bond acceptors (Lipinski definition) is 3. The highest BCUT2D eigenvalue weighted by atomic mass is 35.5. The average Bonchev–Trinajstić information content (AvgIpc) is 3.04. The Morgan fingerprint density at radius 1 is 1.32 bits per heavy atom. The van der Waals surface area contributed by atoms with Gasteiger partial charge in [-0.15, -0.1) is 0 Å². The van der Waals surface area contributed by atoms with Crippen molar-refractivity contribution in [1.29, 1.82) is 0 Å². The monoisotopic (exact) mass is 319 g/mol. The third-order valence-corrected chi connectivity index (χ3v) is 4.98. The van der Waals surface area contributed by atoms with Crippen molar-refractivity contribution >= 4 is 11.6 Å². The first-order valence-electron chi connectivity index (χ1n) is 7.74. The number of aryl methyl sites for hydroxylation is 2. The normalized spacial score (nSPS) is 22.4. The van der Waals surface area contributed by atoms with Gasteiger partial charge < -0.3 is 5.11 Å². The minimum absolute atomic E-state index is 0.630. The molecular formula is C17H22ClN3O. The molecule has 1 aliphatic heterocycles. The summed E-state index contributed by atoms with van der Waals surface area (Å²) in [6, 6.07) is 9.92. The van der Waals surface area contributed by atoms with Gasteiger partial charge in [0.15, 0.2) is 0 Å². The van der Waals surface area contributed by atoms with Crippen LogP contribution in [0.3, 0.4) is 0 Å². The number of hydrogen-bond donors (Lipinski definition) is 1. The predicted octanol–water partition coefficient (Wildman–Crippen LogP) is 2.73. The highest BCUT2D eigenvalue weighted by Gasteiger charge is 2.37. The quantitative estimate of drug-likeness (QED) is 0.942. The van der Waals surface area contributed by atoms with Crippen LogP contribution >= 0.6 is 11.6 Å². The molecule has 1 aromatic carbocycles. The molecule has 0 radical (unpaired) electrons. The highest BCUT2D eigenvalue weighted by molar-refractivity contribution is 6.30. The maximum atomic E-state index is 10.9. The van der Waals surface area contributed by atoms with Crippen LogP contribution < -0.4 is 0 Å². The van der Waals surface area contributed by atoms with E-state index in [4.69, 9.17) is 11.6 Å². The molecule has 118 valence electrons. The molecule has 1 aromatic heterocycles. The summed E-state index contributed by atoms with van der Waals surface area (Å²) in [6.45, 7) is 4.32. The van der Waals surface area contributed by atoms with Crippen LogP contribution in [0.15, 0.2) is 30.3 Å². The Bertz CT molecular complexity index is 655. The van der Waals surface area contributed by atoms with Gasteiger partial charge in [0.1, 0.15) is 10.8 Å². The zero-order chi connectivity index (χ0) is 15.7. The van der Waals surface area contributed by atoms with Crippen molar-refractivity contribution in [1.82, 2.24) is 14.7 Å². The van der Waals surface area contributed by atoms with Gasteiger partial charge in [0.25, 0.3) is 0 Å². The van der Waals surface area contributed by atoms with Crippen LogP contribution in [0.2, 0.25) is 5.15 Å². The molecule has 1 atom stereocenters. The zero-order valence-corrected chi connectivity index (χ0v) is 13.8. The average molecular weight is 320 g/mol. The third-order valence-electron chi connectivity index (χ3n) is 4.51. The summed E-state index contributed by atoms with van der Waals surface area (Å²) in [7, 11) is 1.87. The molecule has 0 amide bonds. The van der Waals surface area contributed by atoms with E-state index in [0.717, 1.165) is 42.8 Å². The summed E-state index contributed by atoms with van der Waals surface area (Å²) in [5, 5.41) is 16.1. The summed E-state index contributed by atoms with van der Waals surface area (Å²) in [5.74, 6) is 0. The van der Waals surface area contributed by atoms with E-state index in [-0.39, 0.29) is 0 Å². The highest BCUT2D eigenvalue weighted by Crippen LogP contribution is 2.33. The molecule has 0 aliphatic carbocycles. The molecule has 1 N–H and O–H groups in total. The van der Waals surface area contributed by atoms with Gasteiger partial charge in [0.2, 0.25) is 0 Å². The lowest BCUT2D eigenvalue weighted by Gasteiger charge is -2.24. The van der Waals surface area contributed by atoms with Crippen LogP contribution in [-0.2, 0) is 25.6 Å². The van der Waals surface area contributed by atoms with E-state index in [2.05, 4.69) is 16.9 Å². The van der Waals surface area contributed by atoms with E-state index in [9.17, 15) is 5.11 Å². The Kier molecular flexibility index (Phi) is 4.26. The fraction of sp³-hybridized carbons (Fsp3) is 0.471. The van der Waals surface area contributed by atoms with Crippen molar-refractivity contribution in [3.63, 3.8) is 0 Å². The molecule has 5 heteroatoms. The maximum Gasteiger partial charge on any atom is 0.131 e. The van der Waals surface area contributed by atoms with E-state index in [1.807, 2.05) is 37.4 Å². The molecule has 1 fully saturated rings. The number of β-amino-alcohol motifs (C(OH)–C–C–N with tert-alkyl or cyclic N) is 1. The molecule has 1 aliphatic rings. The Morgan fingerprint density at radius 3 is 2.73 bits per heavy atom. The smallest absolute Gasteiger partial charge is 0.131 e. The lowest BCUT2D eigenvalue weighted by molar-refractivity contribution is 0.0452. The van der Waals surface area contributed by atoms with Crippen molar-refractivity contribution in [2.75, 3.05) is 13.1 Å². The predicted molar refractivity (Wildman–Crippen MR) is 87.8 cm³/mol. The summed E-state index contributed by atoms with van der Waals surface area (Å²) in [4.78, 5) is 2.26. The van der Waals surface area contributed by atoms with E-state index in [1.54, 1.807) is 4.68 Å². The first kappa shape index (κ1) is 15.5. The summed E-state index contributed by atoms with van der Waals surface area (Å²) < 4.78 is 1.73. The van der Waals surface area contributed by atoms with Crippen LogP contribution in [0.25, 0.3) is 0 Å². The van der Waals surface area contributed by atoms with Crippen molar-refractivity contribution < 1.29 is 5.11 Å². The van der Waals surface area contributed by atoms with Crippen molar-refractivity contribution in [2.45, 2.75) is 31.9 Å². The standard InChI is InChI=1S/C17H22ClN3O/c1-3-15-14(16(18)20(2)19-15)11-21-10-9-17(22,12-21)13-7-5-4-6-8-13/h4-8,22H,3,9-12H2,1-2H3/t17-/m0/s1. The number of halogens is 1. The molecule has 0 saturated carbocycles. The molecule has 0 spiro atoms. The fourth-order valence-electron chi connectivity index (χ4n) is 3.25. The minimum Gasteiger partial charge on any atom is -0.384 e. The Morgan fingerprint density at radius 2 is 2.05 bits per heavy atom. The number of benzene rings is 1. The molecule has 2 aromatic rings. The van der Waals surface area contributed by atoms with E-state index in [1.165, 1.54) is 0 Å². The van der Waals surface area contributed by atoms with Gasteiger partial charge in [0, 0.05) is 32.2 Å². The maximum absolute atomic E-state index is 10.9. The topological polar surface area (TPSA) is 41.3 Å². The number of rotatable bonds is 4. The van der Waals surface area contributed by atoms with E-state index < -0.39 is 5.60 Å². The van der Waals surface area contributed by atoms with Gasteiger partial charge in [-0.2, -0.15) is 5.10 Å². The number of likely N-dealkylation sites (tertiary alicyclic amines) is 1. The molecule has 1 saturated heterocycles. The van der Waals surface area contributed by atoms with Gasteiger partial charge in [-0.05, 0) is 18.4 Å². The second-order valence-electron chi connectivity index (χ2n) is 6.05. The van der Waals surface area contributed by atoms with E-state index in [0.29, 0.717) is 11.7 Å². The summed E-state index contributed by atoms with van der Waals surface area (Å²) >= 11 is 6.37. The van der Waals surface area contributed by atoms with Gasteiger partial charge in [0.05, 0.1) is 5.69 Å². The Balaban J connectivity index is 1.77. The Labute approximate surface area is 136 Å². The van der Waals surface area contributed by atoms with Gasteiger partial charge in [-0.1, -0.05) is 48.9 Å². The number of aliphatic hydroxyl groups is 1. The number of nitrogens with zero attached hydrogens (tertiary/aromatic N) is 3. The molecule has 0 bridgehead atoms. The van der Waals surface area contributed by atoms with Gasteiger partial charge in [-0.25, -0.2) is 0 Å². The Hall–Kier alpha value is -1.36. The fourth-order valence-corrected chi connectivity index (χ4v) is 3.46. The van der Waals surface area contributed by atoms with Gasteiger partial charge in [-0.3, -0.25) is 9.58 Å². The second-order valence-corrected chi connectivity index (χ2v) is 6.41. The first-order chi connectivity index (χ1) is 10.5. The molecule has 22 heavy (non-hydrogen) atoms. The first-order valence-corrected chi connectivity index (χ1v) is 8.12. The van der Waals surface area contributed by atoms with E-state index >= 15 is 0 Å². The zero-order valence-electron chi connectivity index (χ0n) is 13.1. The van der Waals surface area contributed by atoms with Gasteiger partial charge >= 0.3 is 0 Å². The molecule has 4 nitrogen and oxygen atoms in total. The van der Waals surface area contributed by atoms with Crippen molar-refractivity contribution in [2.24, 2.45) is 7.05 Å². The van der Waals surface area contributed by atoms with Crippen molar-refractivity contribution in [3.05, 3.63) is 52.3 Å². The lowest BCUT2D eigenvalue weighted by Crippen LogP contribution is -2.30. The summed E-state index contributed by atoms with van der Waals surface area (Å²) in [5.41, 5.74) is 2.36. The van der Waals surface area contributed by atoms with Crippen LogP contribution in [0.4, 0.5) is 0 Å². The minimum atomic E-state index is -0.762. The third kappa shape index (κ3) is 2.78. The lowest BCUT2D eigenvalue weighted by atomic mass is 9.93. The second kappa shape index (κ2) is 6.03. The van der Waals surface area contributed by atoms with Crippen LogP contribution in [0.1, 0.15) is 30.2 Å². The van der Waals surface area contributed by atoms with Crippen LogP contribution in [0, 0.1) is 0 Å². The molecule has 3 rings (SSSR count). The largest absolute Gasteiger partial charge is 0.384 e. The van der Waals surface area contributed by atoms with Crippen LogP contribution in [-0.4, -0.2) is 32.9 Å². The molecule has 0 unspecified atom stereocenters. The summed E-state index contributed by atoms with van der Waals surface area (Å²) in [6.07, 6.45) is 1.61. The van der Waals surface area contributed by atoms with Crippen molar-refractivity contribution in [3.8, 4) is 0 Å². The van der Waals surface area contributed by atoms with Crippen LogP contribution in [0.5, 0.6) is 0 Å². The molecule has 2 heterocycles. The molecular weight excluding hydrogens is 298 g/mol. The number of aromatic nitrogens is 2.